The van der Waals surface area contributed by atoms with Crippen LogP contribution in [0.1, 0.15) is 25.1 Å². The van der Waals surface area contributed by atoms with Crippen LogP contribution >= 0.6 is 0 Å². The van der Waals surface area contributed by atoms with Crippen molar-refractivity contribution in [2.75, 3.05) is 47.8 Å². The predicted octanol–water partition coefficient (Wildman–Crippen LogP) is 3.49. The molecular weight excluding hydrogens is 310 g/mol. The Labute approximate surface area is 151 Å². The third kappa shape index (κ3) is 4.62. The molecule has 2 heterocycles. The molecule has 1 aromatic heterocycles. The number of rotatable bonds is 5. The number of aryl methyl sites for hydroxylation is 2. The molecule has 0 aliphatic carbocycles. The summed E-state index contributed by atoms with van der Waals surface area (Å²) >= 11 is 0. The van der Waals surface area contributed by atoms with Gasteiger partial charge >= 0.3 is 0 Å². The van der Waals surface area contributed by atoms with Crippen molar-refractivity contribution in [2.24, 2.45) is 5.92 Å². The van der Waals surface area contributed by atoms with Crippen molar-refractivity contribution in [3.63, 3.8) is 0 Å². The molecule has 134 valence electrons. The average molecular weight is 339 g/mol. The molecule has 25 heavy (non-hydrogen) atoms. The van der Waals surface area contributed by atoms with E-state index in [1.54, 1.807) is 0 Å². The minimum absolute atomic E-state index is 0.594. The lowest BCUT2D eigenvalue weighted by Crippen LogP contribution is -2.47. The Balaban J connectivity index is 1.66. The van der Waals surface area contributed by atoms with Crippen molar-refractivity contribution in [1.82, 2.24) is 9.97 Å². The standard InChI is InChI=1S/C20H29N5/c1-15(2)14-21-19-13-17(4)22-20(23-19)25-10-8-24(9-11-25)18-7-5-6-16(3)12-18/h5-7,12-13,15H,8-11,14H2,1-4H3,(H,21,22,23). The normalized spacial score (nSPS) is 14.9. The van der Waals surface area contributed by atoms with E-state index in [0.717, 1.165) is 50.2 Å². The highest BCUT2D eigenvalue weighted by atomic mass is 15.3. The van der Waals surface area contributed by atoms with Crippen LogP contribution in [0.5, 0.6) is 0 Å². The van der Waals surface area contributed by atoms with Crippen molar-refractivity contribution in [1.29, 1.82) is 0 Å². The van der Waals surface area contributed by atoms with Gasteiger partial charge in [0.15, 0.2) is 0 Å². The van der Waals surface area contributed by atoms with E-state index in [2.05, 4.69) is 65.1 Å². The highest BCUT2D eigenvalue weighted by Gasteiger charge is 2.20. The van der Waals surface area contributed by atoms with E-state index in [-0.39, 0.29) is 0 Å². The molecule has 1 N–H and O–H groups in total. The molecule has 0 bridgehead atoms. The zero-order chi connectivity index (χ0) is 17.8. The predicted molar refractivity (Wildman–Crippen MR) is 106 cm³/mol. The maximum Gasteiger partial charge on any atom is 0.227 e. The summed E-state index contributed by atoms with van der Waals surface area (Å²) in [6.45, 7) is 13.4. The third-order valence-electron chi connectivity index (χ3n) is 4.46. The SMILES string of the molecule is Cc1cccc(N2CCN(c3nc(C)cc(NCC(C)C)n3)CC2)c1. The maximum absolute atomic E-state index is 4.73. The minimum atomic E-state index is 0.594. The summed E-state index contributed by atoms with van der Waals surface area (Å²) in [7, 11) is 0. The second-order valence-electron chi connectivity index (χ2n) is 7.28. The summed E-state index contributed by atoms with van der Waals surface area (Å²) in [5.74, 6) is 2.36. The molecule has 1 aromatic carbocycles. The fraction of sp³-hybridized carbons (Fsp3) is 0.500. The van der Waals surface area contributed by atoms with Gasteiger partial charge in [0.05, 0.1) is 0 Å². The van der Waals surface area contributed by atoms with Crippen LogP contribution < -0.4 is 15.1 Å². The molecule has 0 atom stereocenters. The van der Waals surface area contributed by atoms with Gasteiger partial charge in [-0.05, 0) is 37.5 Å². The van der Waals surface area contributed by atoms with Gasteiger partial charge in [-0.15, -0.1) is 0 Å². The molecule has 0 amide bonds. The summed E-state index contributed by atoms with van der Waals surface area (Å²) in [6, 6.07) is 10.8. The lowest BCUT2D eigenvalue weighted by molar-refractivity contribution is 0.638. The first-order chi connectivity index (χ1) is 12.0. The van der Waals surface area contributed by atoms with E-state index in [0.29, 0.717) is 5.92 Å². The van der Waals surface area contributed by atoms with E-state index in [1.807, 2.05) is 13.0 Å². The highest BCUT2D eigenvalue weighted by Crippen LogP contribution is 2.20. The molecule has 0 unspecified atom stereocenters. The summed E-state index contributed by atoms with van der Waals surface area (Å²) in [4.78, 5) is 14.1. The van der Waals surface area contributed by atoms with Gasteiger partial charge in [-0.2, -0.15) is 4.98 Å². The smallest absolute Gasteiger partial charge is 0.227 e. The lowest BCUT2D eigenvalue weighted by Gasteiger charge is -2.36. The Morgan fingerprint density at radius 3 is 2.40 bits per heavy atom. The second kappa shape index (κ2) is 7.72. The van der Waals surface area contributed by atoms with E-state index >= 15 is 0 Å². The quantitative estimate of drug-likeness (QED) is 0.903. The zero-order valence-electron chi connectivity index (χ0n) is 15.8. The monoisotopic (exact) mass is 339 g/mol. The fourth-order valence-electron chi connectivity index (χ4n) is 3.08. The van der Waals surface area contributed by atoms with Gasteiger partial charge in [-0.3, -0.25) is 0 Å². The number of hydrogen-bond acceptors (Lipinski definition) is 5. The van der Waals surface area contributed by atoms with E-state index in [4.69, 9.17) is 4.98 Å². The molecule has 1 fully saturated rings. The van der Waals surface area contributed by atoms with Crippen LogP contribution in [-0.2, 0) is 0 Å². The Hall–Kier alpha value is -2.30. The molecule has 2 aromatic rings. The molecule has 5 heteroatoms. The van der Waals surface area contributed by atoms with Crippen LogP contribution in [0, 0.1) is 19.8 Å². The van der Waals surface area contributed by atoms with Gasteiger partial charge in [0.2, 0.25) is 5.95 Å². The van der Waals surface area contributed by atoms with E-state index in [9.17, 15) is 0 Å². The van der Waals surface area contributed by atoms with Gasteiger partial charge in [-0.25, -0.2) is 4.98 Å². The van der Waals surface area contributed by atoms with Gasteiger partial charge in [0.1, 0.15) is 5.82 Å². The van der Waals surface area contributed by atoms with Crippen LogP contribution in [-0.4, -0.2) is 42.7 Å². The Morgan fingerprint density at radius 1 is 1.00 bits per heavy atom. The van der Waals surface area contributed by atoms with Crippen molar-refractivity contribution in [2.45, 2.75) is 27.7 Å². The summed E-state index contributed by atoms with van der Waals surface area (Å²) < 4.78 is 0. The molecule has 0 saturated carbocycles. The van der Waals surface area contributed by atoms with Crippen LogP contribution in [0.15, 0.2) is 30.3 Å². The number of piperazine rings is 1. The third-order valence-corrected chi connectivity index (χ3v) is 4.46. The van der Waals surface area contributed by atoms with Crippen LogP contribution in [0.4, 0.5) is 17.5 Å². The van der Waals surface area contributed by atoms with Gasteiger partial charge in [-0.1, -0.05) is 26.0 Å². The summed E-state index contributed by atoms with van der Waals surface area (Å²) in [5, 5.41) is 3.42. The molecule has 0 radical (unpaired) electrons. The highest BCUT2D eigenvalue weighted by molar-refractivity contribution is 5.51. The molecule has 5 nitrogen and oxygen atoms in total. The number of hydrogen-bond donors (Lipinski definition) is 1. The molecule has 1 aliphatic heterocycles. The van der Waals surface area contributed by atoms with Crippen molar-refractivity contribution in [3.05, 3.63) is 41.6 Å². The first-order valence-electron chi connectivity index (χ1n) is 9.17. The Kier molecular flexibility index (Phi) is 5.41. The first-order valence-corrected chi connectivity index (χ1v) is 9.17. The number of benzene rings is 1. The number of nitrogens with zero attached hydrogens (tertiary/aromatic N) is 4. The largest absolute Gasteiger partial charge is 0.370 e. The molecule has 1 saturated heterocycles. The Bertz CT molecular complexity index is 705. The fourth-order valence-corrected chi connectivity index (χ4v) is 3.08. The maximum atomic E-state index is 4.73. The molecule has 1 aliphatic rings. The van der Waals surface area contributed by atoms with Crippen molar-refractivity contribution in [3.8, 4) is 0 Å². The summed E-state index contributed by atoms with van der Waals surface area (Å²) in [5.41, 5.74) is 3.63. The van der Waals surface area contributed by atoms with Gasteiger partial charge < -0.3 is 15.1 Å². The average Bonchev–Trinajstić information content (AvgIpc) is 2.60. The topological polar surface area (TPSA) is 44.3 Å². The lowest BCUT2D eigenvalue weighted by atomic mass is 10.2. The number of anilines is 3. The van der Waals surface area contributed by atoms with Gasteiger partial charge in [0.25, 0.3) is 0 Å². The van der Waals surface area contributed by atoms with E-state index < -0.39 is 0 Å². The van der Waals surface area contributed by atoms with Crippen LogP contribution in [0.3, 0.4) is 0 Å². The van der Waals surface area contributed by atoms with Crippen LogP contribution in [0.25, 0.3) is 0 Å². The van der Waals surface area contributed by atoms with Gasteiger partial charge in [0, 0.05) is 50.2 Å². The molecule has 0 spiro atoms. The minimum Gasteiger partial charge on any atom is -0.370 e. The van der Waals surface area contributed by atoms with E-state index in [1.165, 1.54) is 11.3 Å². The zero-order valence-corrected chi connectivity index (χ0v) is 15.8. The van der Waals surface area contributed by atoms with Crippen LogP contribution in [0.2, 0.25) is 0 Å². The second-order valence-corrected chi connectivity index (χ2v) is 7.28. The van der Waals surface area contributed by atoms with Crippen molar-refractivity contribution >= 4 is 17.5 Å². The molecular formula is C20H29N5. The number of nitrogens with one attached hydrogen (secondary N) is 1. The molecule has 3 rings (SSSR count). The van der Waals surface area contributed by atoms with Crippen molar-refractivity contribution < 1.29 is 0 Å². The Morgan fingerprint density at radius 2 is 1.72 bits per heavy atom. The number of aromatic nitrogens is 2. The summed E-state index contributed by atoms with van der Waals surface area (Å²) in [6.07, 6.45) is 0. The first kappa shape index (κ1) is 17.5.